The van der Waals surface area contributed by atoms with Crippen LogP contribution in [0.2, 0.25) is 0 Å². The minimum Gasteiger partial charge on any atom is -0.477 e. The standard InChI is InChI=1S/C19H18F3N9O5S3/c1-2-3-30-18(26-28-29-30)39-5-8-4-37-15-11(14(33)31(15)12(8)16(34)35)25-13(32)10(9-6-38-17(23)24-9)27-36-7-19(20,21)22/h2,6,11,15H,1,3-5,7H2,(H2,23,24)(H,25,32)(H,34,35)/t11?,15-/m0/s1. The van der Waals surface area contributed by atoms with Crippen LogP contribution in [0, 0.1) is 0 Å². The molecule has 0 radical (unpaired) electrons. The van der Waals surface area contributed by atoms with Gasteiger partial charge in [-0.3, -0.25) is 14.5 Å². The van der Waals surface area contributed by atoms with Crippen molar-refractivity contribution in [1.82, 2.24) is 35.4 Å². The number of amides is 2. The second-order valence-corrected chi connectivity index (χ2v) is 10.7. The van der Waals surface area contributed by atoms with Gasteiger partial charge in [0.1, 0.15) is 22.8 Å². The van der Waals surface area contributed by atoms with E-state index in [0.717, 1.165) is 16.2 Å². The number of nitrogens with one attached hydrogen (secondary N) is 1. The summed E-state index contributed by atoms with van der Waals surface area (Å²) in [6.07, 6.45) is -3.11. The van der Waals surface area contributed by atoms with Gasteiger partial charge in [0.2, 0.25) is 11.8 Å². The van der Waals surface area contributed by atoms with Crippen molar-refractivity contribution in [2.45, 2.75) is 29.3 Å². The molecule has 39 heavy (non-hydrogen) atoms. The van der Waals surface area contributed by atoms with Crippen LogP contribution in [0.15, 0.2) is 39.6 Å². The van der Waals surface area contributed by atoms with Crippen molar-refractivity contribution in [3.05, 3.63) is 35.0 Å². The first kappa shape index (κ1) is 28.4. The summed E-state index contributed by atoms with van der Waals surface area (Å²) in [5.74, 6) is -2.70. The number of tetrazole rings is 1. The highest BCUT2D eigenvalue weighted by Gasteiger charge is 2.54. The highest BCUT2D eigenvalue weighted by atomic mass is 32.2. The Bertz CT molecular complexity index is 1360. The number of carboxylic acids is 1. The summed E-state index contributed by atoms with van der Waals surface area (Å²) >= 11 is 3.31. The molecule has 4 heterocycles. The Balaban J connectivity index is 1.48. The molecule has 0 aliphatic carbocycles. The number of allylic oxidation sites excluding steroid dienone is 1. The number of oxime groups is 1. The van der Waals surface area contributed by atoms with Crippen LogP contribution in [-0.4, -0.2) is 94.4 Å². The van der Waals surface area contributed by atoms with Crippen LogP contribution in [0.5, 0.6) is 0 Å². The molecule has 4 rings (SSSR count). The van der Waals surface area contributed by atoms with Crippen LogP contribution in [-0.2, 0) is 25.8 Å². The number of alkyl halides is 3. The number of fused-ring (bicyclic) bond motifs is 1. The van der Waals surface area contributed by atoms with E-state index in [2.05, 4.69) is 42.4 Å². The third-order valence-electron chi connectivity index (χ3n) is 5.08. The maximum atomic E-state index is 13.0. The molecule has 2 atom stereocenters. The number of nitrogens with zero attached hydrogens (tertiary/aromatic N) is 7. The molecule has 208 valence electrons. The normalized spacial score (nSPS) is 19.4. The van der Waals surface area contributed by atoms with E-state index < -0.39 is 47.7 Å². The second-order valence-electron chi connectivity index (χ2n) is 7.74. The highest BCUT2D eigenvalue weighted by Crippen LogP contribution is 2.41. The lowest BCUT2D eigenvalue weighted by Gasteiger charge is -2.49. The van der Waals surface area contributed by atoms with Gasteiger partial charge >= 0.3 is 12.1 Å². The monoisotopic (exact) mass is 605 g/mol. The van der Waals surface area contributed by atoms with Gasteiger partial charge in [-0.15, -0.1) is 34.8 Å². The van der Waals surface area contributed by atoms with E-state index in [4.69, 9.17) is 5.73 Å². The average molecular weight is 606 g/mol. The van der Waals surface area contributed by atoms with Crippen LogP contribution in [0.3, 0.4) is 0 Å². The molecular weight excluding hydrogens is 587 g/mol. The number of thiazole rings is 1. The molecule has 0 aromatic carbocycles. The number of carbonyl (C=O) groups excluding carboxylic acids is 2. The quantitative estimate of drug-likeness (QED) is 0.107. The van der Waals surface area contributed by atoms with Gasteiger partial charge in [0, 0.05) is 16.9 Å². The lowest BCUT2D eigenvalue weighted by atomic mass is 10.0. The third-order valence-corrected chi connectivity index (χ3v) is 8.13. The van der Waals surface area contributed by atoms with Crippen LogP contribution in [0.1, 0.15) is 5.69 Å². The third kappa shape index (κ3) is 6.33. The molecule has 2 amide bonds. The molecule has 20 heteroatoms. The number of hydrogen-bond donors (Lipinski definition) is 3. The number of carboxylic acid groups (broad SMARTS) is 1. The van der Waals surface area contributed by atoms with E-state index in [9.17, 15) is 32.7 Å². The smallest absolute Gasteiger partial charge is 0.425 e. The van der Waals surface area contributed by atoms with Crippen LogP contribution >= 0.6 is 34.9 Å². The van der Waals surface area contributed by atoms with Gasteiger partial charge < -0.3 is 21.0 Å². The zero-order valence-electron chi connectivity index (χ0n) is 19.5. The van der Waals surface area contributed by atoms with Crippen molar-refractivity contribution in [1.29, 1.82) is 0 Å². The predicted octanol–water partition coefficient (Wildman–Crippen LogP) is 0.712. The zero-order valence-corrected chi connectivity index (χ0v) is 21.9. The fourth-order valence-electron chi connectivity index (χ4n) is 3.46. The molecule has 2 aromatic heterocycles. The number of rotatable bonds is 11. The van der Waals surface area contributed by atoms with Crippen molar-refractivity contribution in [3.8, 4) is 0 Å². The summed E-state index contributed by atoms with van der Waals surface area (Å²) < 4.78 is 39.0. The Labute approximate surface area is 229 Å². The number of aliphatic carboxylic acids is 1. The summed E-state index contributed by atoms with van der Waals surface area (Å²) in [5.41, 5.74) is 5.00. The maximum absolute atomic E-state index is 13.0. The number of anilines is 1. The zero-order chi connectivity index (χ0) is 28.3. The Morgan fingerprint density at radius 1 is 1.44 bits per heavy atom. The Kier molecular flexibility index (Phi) is 8.45. The number of nitrogens with two attached hydrogens (primary N) is 1. The molecule has 2 aromatic rings. The van der Waals surface area contributed by atoms with E-state index in [0.29, 0.717) is 17.3 Å². The Hall–Kier alpha value is -3.65. The molecular formula is C19H18F3N9O5S3. The number of carbonyl (C=O) groups is 3. The molecule has 0 spiro atoms. The molecule has 2 aliphatic heterocycles. The number of hydrogen-bond acceptors (Lipinski definition) is 13. The first-order valence-electron chi connectivity index (χ1n) is 10.7. The Morgan fingerprint density at radius 3 is 2.85 bits per heavy atom. The fourth-order valence-corrected chi connectivity index (χ4v) is 6.38. The lowest BCUT2D eigenvalue weighted by Crippen LogP contribution is -2.71. The van der Waals surface area contributed by atoms with E-state index >= 15 is 0 Å². The number of β-lactam (4-membered cyclic amide) rings is 1. The minimum atomic E-state index is -4.71. The van der Waals surface area contributed by atoms with Gasteiger partial charge in [0.05, 0.1) is 6.54 Å². The molecule has 2 aliphatic rings. The molecule has 1 fully saturated rings. The minimum absolute atomic E-state index is 0.0233. The van der Waals surface area contributed by atoms with E-state index in [-0.39, 0.29) is 28.0 Å². The molecule has 0 bridgehead atoms. The summed E-state index contributed by atoms with van der Waals surface area (Å²) in [6, 6.07) is -1.17. The molecule has 1 unspecified atom stereocenters. The molecule has 4 N–H and O–H groups in total. The average Bonchev–Trinajstić information content (AvgIpc) is 3.51. The van der Waals surface area contributed by atoms with Gasteiger partial charge in [-0.25, -0.2) is 14.5 Å². The second kappa shape index (κ2) is 11.6. The Morgan fingerprint density at radius 2 is 2.21 bits per heavy atom. The molecule has 1 saturated heterocycles. The van der Waals surface area contributed by atoms with Crippen LogP contribution in [0.4, 0.5) is 18.3 Å². The van der Waals surface area contributed by atoms with Crippen molar-refractivity contribution >= 4 is 63.5 Å². The maximum Gasteiger partial charge on any atom is 0.425 e. The largest absolute Gasteiger partial charge is 0.477 e. The number of thioether (sulfide) groups is 2. The summed E-state index contributed by atoms with van der Waals surface area (Å²) in [4.78, 5) is 47.1. The van der Waals surface area contributed by atoms with Crippen molar-refractivity contribution in [3.63, 3.8) is 0 Å². The number of aromatic nitrogens is 5. The van der Waals surface area contributed by atoms with Gasteiger partial charge in [0.15, 0.2) is 10.8 Å². The summed E-state index contributed by atoms with van der Waals surface area (Å²) in [7, 11) is 0. The van der Waals surface area contributed by atoms with Gasteiger partial charge in [-0.1, -0.05) is 23.0 Å². The van der Waals surface area contributed by atoms with E-state index in [1.807, 2.05) is 0 Å². The van der Waals surface area contributed by atoms with Crippen LogP contribution < -0.4 is 11.1 Å². The first-order chi connectivity index (χ1) is 18.5. The van der Waals surface area contributed by atoms with Crippen molar-refractivity contribution in [2.75, 3.05) is 23.8 Å². The highest BCUT2D eigenvalue weighted by molar-refractivity contribution is 8.01. The number of halogens is 3. The van der Waals surface area contributed by atoms with E-state index in [1.165, 1.54) is 33.6 Å². The molecule has 14 nitrogen and oxygen atoms in total. The van der Waals surface area contributed by atoms with Gasteiger partial charge in [-0.2, -0.15) is 13.2 Å². The topological polar surface area (TPSA) is 191 Å². The summed E-state index contributed by atoms with van der Waals surface area (Å²) in [5, 5.41) is 27.8. The lowest BCUT2D eigenvalue weighted by molar-refractivity contribution is -0.174. The van der Waals surface area contributed by atoms with Crippen molar-refractivity contribution < 1.29 is 37.5 Å². The van der Waals surface area contributed by atoms with Gasteiger partial charge in [0.25, 0.3) is 11.8 Å². The van der Waals surface area contributed by atoms with Crippen molar-refractivity contribution in [2.24, 2.45) is 5.16 Å². The first-order valence-corrected chi connectivity index (χ1v) is 13.6. The van der Waals surface area contributed by atoms with Gasteiger partial charge in [-0.05, 0) is 16.0 Å². The van der Waals surface area contributed by atoms with Crippen LogP contribution in [0.25, 0.3) is 0 Å². The SMILES string of the molecule is C=CCn1nnnc1SCC1=C(C(=O)O)N2C(=O)C(NC(=O)C(=NOCC(F)(F)F)c3csc(N)n3)[C@@H]2SC1. The summed E-state index contributed by atoms with van der Waals surface area (Å²) in [6.45, 7) is 2.21. The number of nitrogen functional groups attached to an aromatic ring is 1. The predicted molar refractivity (Wildman–Crippen MR) is 133 cm³/mol. The van der Waals surface area contributed by atoms with E-state index in [1.54, 1.807) is 6.08 Å². The fraction of sp³-hybridized carbons (Fsp3) is 0.368. The molecule has 0 saturated carbocycles.